The van der Waals surface area contributed by atoms with Gasteiger partial charge in [0.05, 0.1) is 6.42 Å². The fraction of sp³-hybridized carbons (Fsp3) is 0.917. The molecule has 3 fully saturated rings. The first-order chi connectivity index (χ1) is 7.19. The molecule has 3 saturated carbocycles. The topological polar surface area (TPSA) is 63.3 Å². The largest absolute Gasteiger partial charge is 0.481 e. The molecule has 3 nitrogen and oxygen atoms in total. The second-order valence-electron chi connectivity index (χ2n) is 5.71. The van der Waals surface area contributed by atoms with Gasteiger partial charge < -0.3 is 10.8 Å². The Morgan fingerprint density at radius 3 is 2.33 bits per heavy atom. The highest BCUT2D eigenvalue weighted by Gasteiger charge is 2.67. The summed E-state index contributed by atoms with van der Waals surface area (Å²) in [6.45, 7) is 0.581. The Kier molecular flexibility index (Phi) is 1.91. The molecule has 3 rings (SSSR count). The molecule has 3 N–H and O–H groups in total. The fourth-order valence-electron chi connectivity index (χ4n) is 5.06. The summed E-state index contributed by atoms with van der Waals surface area (Å²) in [6, 6.07) is 0. The molecule has 0 heterocycles. The van der Waals surface area contributed by atoms with Crippen LogP contribution in [0.25, 0.3) is 0 Å². The van der Waals surface area contributed by atoms with Crippen LogP contribution in [0.1, 0.15) is 32.1 Å². The van der Waals surface area contributed by atoms with Gasteiger partial charge in [-0.25, -0.2) is 0 Å². The van der Waals surface area contributed by atoms with Crippen molar-refractivity contribution in [1.29, 1.82) is 0 Å². The van der Waals surface area contributed by atoms with Crippen molar-refractivity contribution in [3.8, 4) is 0 Å². The minimum Gasteiger partial charge on any atom is -0.481 e. The van der Waals surface area contributed by atoms with Crippen molar-refractivity contribution >= 4 is 5.97 Å². The number of carbonyl (C=O) groups is 1. The highest BCUT2D eigenvalue weighted by atomic mass is 16.4. The Labute approximate surface area is 90.0 Å². The molecular formula is C12H19NO2. The summed E-state index contributed by atoms with van der Waals surface area (Å²) in [5, 5.41) is 9.04. The second kappa shape index (κ2) is 2.97. The van der Waals surface area contributed by atoms with Crippen molar-refractivity contribution in [3.63, 3.8) is 0 Å². The number of nitrogens with two attached hydrogens (primary N) is 1. The molecule has 15 heavy (non-hydrogen) atoms. The maximum absolute atomic E-state index is 11.0. The van der Waals surface area contributed by atoms with Gasteiger partial charge >= 0.3 is 5.97 Å². The van der Waals surface area contributed by atoms with Crippen molar-refractivity contribution in [3.05, 3.63) is 0 Å². The summed E-state index contributed by atoms with van der Waals surface area (Å²) in [5.41, 5.74) is 5.87. The van der Waals surface area contributed by atoms with Gasteiger partial charge in [0, 0.05) is 0 Å². The van der Waals surface area contributed by atoms with Crippen LogP contribution < -0.4 is 5.73 Å². The van der Waals surface area contributed by atoms with E-state index in [0.717, 1.165) is 11.8 Å². The van der Waals surface area contributed by atoms with Gasteiger partial charge in [0.1, 0.15) is 0 Å². The molecule has 0 aromatic carbocycles. The summed E-state index contributed by atoms with van der Waals surface area (Å²) in [6.07, 6.45) is 5.43. The highest BCUT2D eigenvalue weighted by Crippen LogP contribution is 2.71. The Bertz CT molecular complexity index is 286. The summed E-state index contributed by atoms with van der Waals surface area (Å²) in [5.74, 6) is 2.36. The van der Waals surface area contributed by atoms with Gasteiger partial charge in [-0.3, -0.25) is 4.79 Å². The zero-order valence-corrected chi connectivity index (χ0v) is 8.98. The van der Waals surface area contributed by atoms with E-state index in [2.05, 4.69) is 0 Å². The lowest BCUT2D eigenvalue weighted by molar-refractivity contribution is -0.153. The van der Waals surface area contributed by atoms with Crippen LogP contribution in [0.2, 0.25) is 0 Å². The summed E-state index contributed by atoms with van der Waals surface area (Å²) in [4.78, 5) is 11.0. The average molecular weight is 209 g/mol. The Morgan fingerprint density at radius 2 is 1.87 bits per heavy atom. The lowest BCUT2D eigenvalue weighted by Gasteiger charge is -2.57. The van der Waals surface area contributed by atoms with Crippen LogP contribution in [-0.4, -0.2) is 17.6 Å². The van der Waals surface area contributed by atoms with Gasteiger partial charge in [0.15, 0.2) is 0 Å². The molecule has 0 saturated heterocycles. The molecule has 3 aliphatic carbocycles. The van der Waals surface area contributed by atoms with Gasteiger partial charge in [0.2, 0.25) is 0 Å². The number of aliphatic carboxylic acids is 1. The third-order valence-electron chi connectivity index (χ3n) is 5.51. The van der Waals surface area contributed by atoms with Crippen LogP contribution in [0.5, 0.6) is 0 Å². The molecule has 84 valence electrons. The van der Waals surface area contributed by atoms with Crippen molar-refractivity contribution in [2.24, 2.45) is 34.8 Å². The summed E-state index contributed by atoms with van der Waals surface area (Å²) >= 11 is 0. The SMILES string of the molecule is NCC1(CC(=O)O)C2CCC3CC[C@@H]1C32. The minimum absolute atomic E-state index is 0.0260. The van der Waals surface area contributed by atoms with E-state index in [1.165, 1.54) is 25.7 Å². The van der Waals surface area contributed by atoms with Crippen molar-refractivity contribution in [2.75, 3.05) is 6.54 Å². The number of hydrogen-bond acceptors (Lipinski definition) is 2. The van der Waals surface area contributed by atoms with Gasteiger partial charge in [-0.05, 0) is 61.3 Å². The summed E-state index contributed by atoms with van der Waals surface area (Å²) < 4.78 is 0. The molecule has 0 radical (unpaired) electrons. The molecule has 0 aromatic rings. The van der Waals surface area contributed by atoms with E-state index in [0.29, 0.717) is 24.8 Å². The van der Waals surface area contributed by atoms with Crippen LogP contribution in [0.3, 0.4) is 0 Å². The Morgan fingerprint density at radius 1 is 1.27 bits per heavy atom. The highest BCUT2D eigenvalue weighted by molar-refractivity contribution is 5.68. The van der Waals surface area contributed by atoms with Gasteiger partial charge in [0.25, 0.3) is 0 Å². The summed E-state index contributed by atoms with van der Waals surface area (Å²) in [7, 11) is 0. The van der Waals surface area contributed by atoms with Crippen molar-refractivity contribution in [2.45, 2.75) is 32.1 Å². The number of hydrogen-bond donors (Lipinski definition) is 2. The molecule has 3 heteroatoms. The maximum Gasteiger partial charge on any atom is 0.303 e. The first-order valence-electron chi connectivity index (χ1n) is 6.11. The molecule has 0 bridgehead atoms. The van der Waals surface area contributed by atoms with E-state index in [1.54, 1.807) is 0 Å². The number of rotatable bonds is 3. The van der Waals surface area contributed by atoms with E-state index in [4.69, 9.17) is 10.8 Å². The number of carboxylic acid groups (broad SMARTS) is 1. The third-order valence-corrected chi connectivity index (χ3v) is 5.51. The molecule has 5 atom stereocenters. The molecule has 0 aromatic heterocycles. The predicted molar refractivity (Wildman–Crippen MR) is 56.2 cm³/mol. The van der Waals surface area contributed by atoms with E-state index < -0.39 is 5.97 Å². The van der Waals surface area contributed by atoms with Crippen LogP contribution in [0.4, 0.5) is 0 Å². The van der Waals surface area contributed by atoms with E-state index in [-0.39, 0.29) is 5.41 Å². The van der Waals surface area contributed by atoms with Crippen molar-refractivity contribution in [1.82, 2.24) is 0 Å². The molecule has 0 spiro atoms. The zero-order valence-electron chi connectivity index (χ0n) is 8.98. The van der Waals surface area contributed by atoms with Crippen molar-refractivity contribution < 1.29 is 9.90 Å². The molecular weight excluding hydrogens is 190 g/mol. The standard InChI is InChI=1S/C12H19NO2/c13-6-12(5-10(14)15)8-3-1-7-2-4-9(12)11(7)8/h7-9,11H,1-6,13H2,(H,14,15)/t7?,8-,9?,11?,12?/m1/s1. The predicted octanol–water partition coefficient (Wildman–Crippen LogP) is 1.47. The Hall–Kier alpha value is -0.570. The van der Waals surface area contributed by atoms with Crippen LogP contribution >= 0.6 is 0 Å². The van der Waals surface area contributed by atoms with Crippen LogP contribution in [-0.2, 0) is 4.79 Å². The Balaban J connectivity index is 1.88. The van der Waals surface area contributed by atoms with Crippen LogP contribution in [0, 0.1) is 29.1 Å². The number of carboxylic acids is 1. The molecule has 3 aliphatic rings. The lowest BCUT2D eigenvalue weighted by atomic mass is 9.47. The van der Waals surface area contributed by atoms with E-state index >= 15 is 0 Å². The van der Waals surface area contributed by atoms with E-state index in [9.17, 15) is 4.79 Å². The van der Waals surface area contributed by atoms with Gasteiger partial charge in [-0.15, -0.1) is 0 Å². The van der Waals surface area contributed by atoms with E-state index in [1.807, 2.05) is 0 Å². The maximum atomic E-state index is 11.0. The fourth-order valence-corrected chi connectivity index (χ4v) is 5.06. The van der Waals surface area contributed by atoms with Crippen LogP contribution in [0.15, 0.2) is 0 Å². The second-order valence-corrected chi connectivity index (χ2v) is 5.71. The molecule has 0 aliphatic heterocycles. The monoisotopic (exact) mass is 209 g/mol. The normalized spacial score (nSPS) is 51.3. The average Bonchev–Trinajstić information content (AvgIpc) is 2.67. The third kappa shape index (κ3) is 1.02. The molecule has 0 amide bonds. The quantitative estimate of drug-likeness (QED) is 0.740. The van der Waals surface area contributed by atoms with Gasteiger partial charge in [-0.1, -0.05) is 0 Å². The van der Waals surface area contributed by atoms with Gasteiger partial charge in [-0.2, -0.15) is 0 Å². The first-order valence-corrected chi connectivity index (χ1v) is 6.11. The zero-order chi connectivity index (χ0) is 10.6. The lowest BCUT2D eigenvalue weighted by Crippen LogP contribution is -2.58. The smallest absolute Gasteiger partial charge is 0.303 e. The minimum atomic E-state index is -0.658. The first kappa shape index (κ1) is 9.64. The molecule has 4 unspecified atom stereocenters.